The summed E-state index contributed by atoms with van der Waals surface area (Å²) in [4.78, 5) is 18.7. The van der Waals surface area contributed by atoms with Crippen molar-refractivity contribution in [2.24, 2.45) is 0 Å². The van der Waals surface area contributed by atoms with Gasteiger partial charge in [0, 0.05) is 50.3 Å². The number of fused-ring (bicyclic) bond motifs is 1. The predicted octanol–water partition coefficient (Wildman–Crippen LogP) is 4.76. The van der Waals surface area contributed by atoms with E-state index < -0.39 is 0 Å². The summed E-state index contributed by atoms with van der Waals surface area (Å²) in [5.74, 6) is 1.03. The van der Waals surface area contributed by atoms with Crippen LogP contribution in [0.2, 0.25) is 0 Å². The number of likely N-dealkylation sites (tertiary alicyclic amines) is 1. The Hall–Kier alpha value is -2.92. The molecule has 2 aliphatic rings. The average Bonchev–Trinajstić information content (AvgIpc) is 3.35. The van der Waals surface area contributed by atoms with Crippen molar-refractivity contribution >= 4 is 16.7 Å². The molecule has 1 atom stereocenters. The number of rotatable bonds is 4. The number of aromatic nitrogens is 1. The molecule has 0 saturated carbocycles. The highest BCUT2D eigenvalue weighted by molar-refractivity contribution is 5.88. The monoisotopic (exact) mass is 416 g/mol. The third-order valence-electron chi connectivity index (χ3n) is 6.41. The first-order chi connectivity index (χ1) is 15.2. The zero-order chi connectivity index (χ0) is 21.2. The molecule has 31 heavy (non-hydrogen) atoms. The molecule has 2 fully saturated rings. The van der Waals surface area contributed by atoms with E-state index in [4.69, 9.17) is 9.47 Å². The number of benzene rings is 2. The zero-order valence-corrected chi connectivity index (χ0v) is 17.9. The van der Waals surface area contributed by atoms with Crippen LogP contribution in [0, 0.1) is 6.92 Å². The molecule has 5 rings (SSSR count). The number of carbonyl (C=O) groups is 1. The molecule has 0 N–H and O–H groups in total. The summed E-state index contributed by atoms with van der Waals surface area (Å²) < 4.78 is 11.7. The fraction of sp³-hybridized carbons (Fsp3) is 0.385. The number of ether oxygens (including phenoxy) is 2. The quantitative estimate of drug-likeness (QED) is 0.615. The Labute approximate surface area is 183 Å². The van der Waals surface area contributed by atoms with Crippen LogP contribution in [-0.4, -0.2) is 47.7 Å². The summed E-state index contributed by atoms with van der Waals surface area (Å²) >= 11 is 0. The van der Waals surface area contributed by atoms with Crippen LogP contribution in [0.25, 0.3) is 21.9 Å². The minimum absolute atomic E-state index is 0.147. The van der Waals surface area contributed by atoms with E-state index in [2.05, 4.69) is 42.2 Å². The van der Waals surface area contributed by atoms with Crippen LogP contribution in [0.1, 0.15) is 31.2 Å². The van der Waals surface area contributed by atoms with Crippen LogP contribution in [0.15, 0.2) is 54.9 Å². The maximum Gasteiger partial charge on any atom is 0.251 e. The first kappa shape index (κ1) is 20.0. The molecule has 3 aromatic rings. The first-order valence-electron chi connectivity index (χ1n) is 11.2. The smallest absolute Gasteiger partial charge is 0.251 e. The third-order valence-corrected chi connectivity index (χ3v) is 6.41. The highest BCUT2D eigenvalue weighted by Gasteiger charge is 2.31. The van der Waals surface area contributed by atoms with Gasteiger partial charge < -0.3 is 14.4 Å². The van der Waals surface area contributed by atoms with Crippen molar-refractivity contribution in [2.75, 3.05) is 19.7 Å². The van der Waals surface area contributed by atoms with Gasteiger partial charge in [-0.2, -0.15) is 0 Å². The van der Waals surface area contributed by atoms with E-state index >= 15 is 0 Å². The van der Waals surface area contributed by atoms with Gasteiger partial charge in [-0.05, 0) is 60.0 Å². The first-order valence-corrected chi connectivity index (χ1v) is 11.2. The molecule has 0 spiro atoms. The standard InChI is InChI=1S/C26H28N2O3/c1-18-16-27-17-21-15-20(6-9-24(18)21)19-4-7-22(8-5-19)31-23-10-12-28(13-11-23)26(29)25-3-2-14-30-25/h4-9,15-17,23,25H,2-3,10-14H2,1H3/t25-/m1/s1. The van der Waals surface area contributed by atoms with Crippen molar-refractivity contribution in [3.8, 4) is 16.9 Å². The second-order valence-corrected chi connectivity index (χ2v) is 8.56. The number of piperidine rings is 1. The van der Waals surface area contributed by atoms with E-state index in [0.717, 1.165) is 55.5 Å². The molecule has 5 nitrogen and oxygen atoms in total. The van der Waals surface area contributed by atoms with E-state index in [9.17, 15) is 4.79 Å². The molecule has 160 valence electrons. The number of carbonyl (C=O) groups excluding carboxylic acids is 1. The Morgan fingerprint density at radius 2 is 1.81 bits per heavy atom. The van der Waals surface area contributed by atoms with Crippen molar-refractivity contribution in [3.63, 3.8) is 0 Å². The zero-order valence-electron chi connectivity index (χ0n) is 17.9. The van der Waals surface area contributed by atoms with Crippen LogP contribution in [-0.2, 0) is 9.53 Å². The molecule has 0 bridgehead atoms. The Balaban J connectivity index is 1.20. The SMILES string of the molecule is Cc1cncc2cc(-c3ccc(OC4CCN(C(=O)[C@H]5CCCO5)CC4)cc3)ccc12. The summed E-state index contributed by atoms with van der Waals surface area (Å²) in [5.41, 5.74) is 3.52. The maximum absolute atomic E-state index is 12.5. The normalized spacial score (nSPS) is 19.6. The molecule has 0 radical (unpaired) electrons. The van der Waals surface area contributed by atoms with E-state index in [1.54, 1.807) is 0 Å². The van der Waals surface area contributed by atoms with Crippen molar-refractivity contribution in [1.29, 1.82) is 0 Å². The lowest BCUT2D eigenvalue weighted by atomic mass is 10.0. The molecular weight excluding hydrogens is 388 g/mol. The van der Waals surface area contributed by atoms with Gasteiger partial charge in [0.1, 0.15) is 18.0 Å². The van der Waals surface area contributed by atoms with Crippen molar-refractivity contribution in [3.05, 3.63) is 60.4 Å². The summed E-state index contributed by atoms with van der Waals surface area (Å²) in [6.07, 6.45) is 7.30. The molecule has 1 aromatic heterocycles. The van der Waals surface area contributed by atoms with Crippen LogP contribution in [0.3, 0.4) is 0 Å². The number of pyridine rings is 1. The van der Waals surface area contributed by atoms with Crippen LogP contribution >= 0.6 is 0 Å². The van der Waals surface area contributed by atoms with E-state index in [1.807, 2.05) is 29.4 Å². The second-order valence-electron chi connectivity index (χ2n) is 8.56. The van der Waals surface area contributed by atoms with Gasteiger partial charge in [-0.3, -0.25) is 9.78 Å². The average molecular weight is 417 g/mol. The van der Waals surface area contributed by atoms with E-state index in [1.165, 1.54) is 16.5 Å². The van der Waals surface area contributed by atoms with Crippen molar-refractivity contribution in [2.45, 2.75) is 44.8 Å². The van der Waals surface area contributed by atoms with Crippen LogP contribution < -0.4 is 4.74 Å². The highest BCUT2D eigenvalue weighted by Crippen LogP contribution is 2.28. The number of hydrogen-bond donors (Lipinski definition) is 0. The lowest BCUT2D eigenvalue weighted by Crippen LogP contribution is -2.45. The fourth-order valence-electron chi connectivity index (χ4n) is 4.60. The van der Waals surface area contributed by atoms with Gasteiger partial charge in [-0.15, -0.1) is 0 Å². The van der Waals surface area contributed by atoms with E-state index in [0.29, 0.717) is 6.61 Å². The van der Waals surface area contributed by atoms with Crippen LogP contribution in [0.5, 0.6) is 5.75 Å². The van der Waals surface area contributed by atoms with Gasteiger partial charge in [0.15, 0.2) is 0 Å². The number of amides is 1. The van der Waals surface area contributed by atoms with Crippen LogP contribution in [0.4, 0.5) is 0 Å². The Morgan fingerprint density at radius 1 is 1.03 bits per heavy atom. The molecule has 2 aliphatic heterocycles. The summed E-state index contributed by atoms with van der Waals surface area (Å²) in [7, 11) is 0. The maximum atomic E-state index is 12.5. The highest BCUT2D eigenvalue weighted by atomic mass is 16.5. The Kier molecular flexibility index (Phi) is 5.60. The summed E-state index contributed by atoms with van der Waals surface area (Å²) in [6, 6.07) is 14.8. The molecule has 2 saturated heterocycles. The molecular formula is C26H28N2O3. The van der Waals surface area contributed by atoms with Gasteiger partial charge in [0.25, 0.3) is 5.91 Å². The lowest BCUT2D eigenvalue weighted by molar-refractivity contribution is -0.142. The largest absolute Gasteiger partial charge is 0.490 e. The van der Waals surface area contributed by atoms with E-state index in [-0.39, 0.29) is 18.1 Å². The minimum Gasteiger partial charge on any atom is -0.490 e. The van der Waals surface area contributed by atoms with Crippen molar-refractivity contribution < 1.29 is 14.3 Å². The fourth-order valence-corrected chi connectivity index (χ4v) is 4.60. The van der Waals surface area contributed by atoms with Gasteiger partial charge in [-0.25, -0.2) is 0 Å². The number of nitrogens with zero attached hydrogens (tertiary/aromatic N) is 2. The topological polar surface area (TPSA) is 51.7 Å². The van der Waals surface area contributed by atoms with Gasteiger partial charge in [0.2, 0.25) is 0 Å². The van der Waals surface area contributed by atoms with Gasteiger partial charge in [-0.1, -0.05) is 24.3 Å². The Morgan fingerprint density at radius 3 is 2.55 bits per heavy atom. The van der Waals surface area contributed by atoms with Gasteiger partial charge in [0.05, 0.1) is 0 Å². The summed E-state index contributed by atoms with van der Waals surface area (Å²) in [5, 5.41) is 2.39. The minimum atomic E-state index is -0.222. The Bertz CT molecular complexity index is 1070. The number of hydrogen-bond acceptors (Lipinski definition) is 4. The third kappa shape index (κ3) is 4.28. The molecule has 2 aromatic carbocycles. The van der Waals surface area contributed by atoms with Gasteiger partial charge >= 0.3 is 0 Å². The number of aryl methyl sites for hydroxylation is 1. The summed E-state index contributed by atoms with van der Waals surface area (Å²) in [6.45, 7) is 4.28. The lowest BCUT2D eigenvalue weighted by Gasteiger charge is -2.33. The molecule has 0 unspecified atom stereocenters. The second kappa shape index (κ2) is 8.67. The molecule has 3 heterocycles. The molecule has 5 heteroatoms. The molecule has 1 amide bonds. The van der Waals surface area contributed by atoms with Crippen molar-refractivity contribution in [1.82, 2.24) is 9.88 Å². The molecule has 0 aliphatic carbocycles. The predicted molar refractivity (Wildman–Crippen MR) is 121 cm³/mol.